The number of hydrogen-bond acceptors (Lipinski definition) is 5. The fourth-order valence-electron chi connectivity index (χ4n) is 3.06. The Morgan fingerprint density at radius 3 is 2.44 bits per heavy atom. The van der Waals surface area contributed by atoms with Crippen LogP contribution in [-0.4, -0.2) is 58.6 Å². The molecule has 1 N–H and O–H groups in total. The van der Waals surface area contributed by atoms with Crippen LogP contribution in [0, 0.1) is 6.92 Å². The van der Waals surface area contributed by atoms with Gasteiger partial charge in [0, 0.05) is 19.1 Å². The highest BCUT2D eigenvalue weighted by Gasteiger charge is 2.26. The molecule has 1 aliphatic rings. The largest absolute Gasteiger partial charge is 0.435 e. The van der Waals surface area contributed by atoms with Crippen molar-refractivity contribution in [2.24, 2.45) is 0 Å². The fourth-order valence-corrected chi connectivity index (χ4v) is 3.06. The minimum Gasteiger partial charge on any atom is -0.435 e. The zero-order valence-corrected chi connectivity index (χ0v) is 15.9. The maximum atomic E-state index is 12.7. The number of rotatable bonds is 5. The van der Waals surface area contributed by atoms with E-state index in [9.17, 15) is 13.6 Å². The molecule has 0 saturated carbocycles. The molecule has 2 aromatic rings. The maximum absolute atomic E-state index is 12.7. The van der Waals surface area contributed by atoms with Crippen molar-refractivity contribution in [2.75, 3.05) is 20.1 Å². The third kappa shape index (κ3) is 4.72. The molecule has 0 unspecified atom stereocenters. The number of hydrogen-bond donors (Lipinski definition) is 1. The number of carbonyl (C=O) groups is 1. The first-order chi connectivity index (χ1) is 12.5. The summed E-state index contributed by atoms with van der Waals surface area (Å²) in [6.45, 7) is 0.245. The molecule has 27 heavy (non-hydrogen) atoms. The number of likely N-dealkylation sites (tertiary alicyclic amines) is 1. The van der Waals surface area contributed by atoms with Crippen molar-refractivity contribution in [3.63, 3.8) is 0 Å². The van der Waals surface area contributed by atoms with Gasteiger partial charge in [-0.2, -0.15) is 8.78 Å². The lowest BCUT2D eigenvalue weighted by molar-refractivity contribution is -0.0498. The molecule has 0 aliphatic carbocycles. The van der Waals surface area contributed by atoms with Gasteiger partial charge < -0.3 is 15.0 Å². The van der Waals surface area contributed by atoms with Crippen LogP contribution in [0.1, 0.15) is 29.0 Å². The van der Waals surface area contributed by atoms with Crippen LogP contribution in [-0.2, 0) is 0 Å². The van der Waals surface area contributed by atoms with Gasteiger partial charge in [0.25, 0.3) is 5.91 Å². The van der Waals surface area contributed by atoms with Crippen molar-refractivity contribution in [1.82, 2.24) is 25.2 Å². The molecule has 148 valence electrons. The van der Waals surface area contributed by atoms with E-state index in [1.165, 1.54) is 16.8 Å². The van der Waals surface area contributed by atoms with Crippen molar-refractivity contribution in [3.05, 3.63) is 35.7 Å². The Morgan fingerprint density at radius 2 is 1.89 bits per heavy atom. The number of nitrogens with zero attached hydrogens (tertiary/aromatic N) is 4. The van der Waals surface area contributed by atoms with Gasteiger partial charge in [-0.15, -0.1) is 17.5 Å². The van der Waals surface area contributed by atoms with Crippen molar-refractivity contribution >= 4 is 18.3 Å². The van der Waals surface area contributed by atoms with Crippen LogP contribution in [0.15, 0.2) is 24.3 Å². The second kappa shape index (κ2) is 9.09. The number of nitrogens with one attached hydrogen (secondary N) is 1. The minimum atomic E-state index is -2.87. The molecule has 2 heterocycles. The molecule has 1 aromatic heterocycles. The van der Waals surface area contributed by atoms with E-state index in [2.05, 4.69) is 20.4 Å². The number of ether oxygens (including phenoxy) is 1. The van der Waals surface area contributed by atoms with Crippen molar-refractivity contribution in [1.29, 1.82) is 0 Å². The van der Waals surface area contributed by atoms with Gasteiger partial charge in [-0.1, -0.05) is 5.21 Å². The van der Waals surface area contributed by atoms with Gasteiger partial charge in [0.05, 0.1) is 11.4 Å². The smallest absolute Gasteiger partial charge is 0.387 e. The number of amides is 1. The number of carbonyl (C=O) groups excluding carboxylic acids is 1. The predicted molar refractivity (Wildman–Crippen MR) is 98.0 cm³/mol. The molecule has 1 saturated heterocycles. The Kier molecular flexibility index (Phi) is 7.09. The Hall–Kier alpha value is -2.26. The number of piperidine rings is 1. The summed E-state index contributed by atoms with van der Waals surface area (Å²) >= 11 is 0. The van der Waals surface area contributed by atoms with E-state index in [1.807, 2.05) is 7.05 Å². The molecular weight excluding hydrogens is 380 g/mol. The van der Waals surface area contributed by atoms with Gasteiger partial charge in [0.2, 0.25) is 0 Å². The number of benzene rings is 1. The Morgan fingerprint density at radius 1 is 1.26 bits per heavy atom. The molecule has 0 atom stereocenters. The summed E-state index contributed by atoms with van der Waals surface area (Å²) < 4.78 is 30.3. The summed E-state index contributed by atoms with van der Waals surface area (Å²) in [6.07, 6.45) is 1.81. The van der Waals surface area contributed by atoms with Gasteiger partial charge in [-0.25, -0.2) is 4.68 Å². The van der Waals surface area contributed by atoms with Crippen LogP contribution in [0.4, 0.5) is 8.78 Å². The zero-order chi connectivity index (χ0) is 18.7. The molecule has 0 spiro atoms. The second-order valence-electron chi connectivity index (χ2n) is 6.16. The SMILES string of the molecule is CNC1CCN(C(=O)c2nnn(-c3ccc(OC(F)F)cc3)c2C)CC1.Cl. The van der Waals surface area contributed by atoms with Gasteiger partial charge in [-0.05, 0) is 51.1 Å². The number of aromatic nitrogens is 3. The lowest BCUT2D eigenvalue weighted by Crippen LogP contribution is -2.44. The molecule has 3 rings (SSSR count). The summed E-state index contributed by atoms with van der Waals surface area (Å²) in [4.78, 5) is 14.5. The van der Waals surface area contributed by atoms with Crippen molar-refractivity contribution < 1.29 is 18.3 Å². The first kappa shape index (κ1) is 21.0. The highest BCUT2D eigenvalue weighted by Crippen LogP contribution is 2.20. The normalized spacial score (nSPS) is 14.9. The summed E-state index contributed by atoms with van der Waals surface area (Å²) in [7, 11) is 1.93. The maximum Gasteiger partial charge on any atom is 0.387 e. The first-order valence-corrected chi connectivity index (χ1v) is 8.43. The van der Waals surface area contributed by atoms with Gasteiger partial charge in [0.1, 0.15) is 5.75 Å². The molecular formula is C17H22ClF2N5O2. The van der Waals surface area contributed by atoms with E-state index < -0.39 is 6.61 Å². The minimum absolute atomic E-state index is 0. The zero-order valence-electron chi connectivity index (χ0n) is 15.1. The molecule has 7 nitrogen and oxygen atoms in total. The van der Waals surface area contributed by atoms with Gasteiger partial charge in [0.15, 0.2) is 5.69 Å². The van der Waals surface area contributed by atoms with Crippen LogP contribution >= 0.6 is 12.4 Å². The topological polar surface area (TPSA) is 72.3 Å². The summed E-state index contributed by atoms with van der Waals surface area (Å²) in [5.41, 5.74) is 1.53. The summed E-state index contributed by atoms with van der Waals surface area (Å²) in [5.74, 6) is -0.0776. The van der Waals surface area contributed by atoms with Gasteiger partial charge in [-0.3, -0.25) is 4.79 Å². The Labute approximate surface area is 162 Å². The standard InChI is InChI=1S/C17H21F2N5O2.ClH/c1-11-15(16(25)23-9-7-12(20-2)8-10-23)21-22-24(11)13-3-5-14(6-4-13)26-17(18)19;/h3-6,12,17,20H,7-10H2,1-2H3;1H. The average molecular weight is 402 g/mol. The van der Waals surface area contributed by atoms with Crippen LogP contribution in [0.3, 0.4) is 0 Å². The van der Waals surface area contributed by atoms with Crippen LogP contribution in [0.25, 0.3) is 5.69 Å². The van der Waals surface area contributed by atoms with E-state index in [4.69, 9.17) is 0 Å². The summed E-state index contributed by atoms with van der Waals surface area (Å²) in [5, 5.41) is 11.3. The Balaban J connectivity index is 0.00000261. The monoisotopic (exact) mass is 401 g/mol. The molecule has 1 aromatic carbocycles. The molecule has 0 radical (unpaired) electrons. The fraction of sp³-hybridized carbons (Fsp3) is 0.471. The number of halogens is 3. The van der Waals surface area contributed by atoms with E-state index in [-0.39, 0.29) is 24.1 Å². The molecule has 1 fully saturated rings. The molecule has 1 amide bonds. The van der Waals surface area contributed by atoms with E-state index >= 15 is 0 Å². The third-order valence-electron chi connectivity index (χ3n) is 4.59. The highest BCUT2D eigenvalue weighted by atomic mass is 35.5. The van der Waals surface area contributed by atoms with Gasteiger partial charge >= 0.3 is 6.61 Å². The van der Waals surface area contributed by atoms with E-state index in [1.54, 1.807) is 24.0 Å². The third-order valence-corrected chi connectivity index (χ3v) is 4.59. The second-order valence-corrected chi connectivity index (χ2v) is 6.16. The molecule has 0 bridgehead atoms. The highest BCUT2D eigenvalue weighted by molar-refractivity contribution is 5.93. The van der Waals surface area contributed by atoms with E-state index in [0.29, 0.717) is 36.2 Å². The number of alkyl halides is 2. The lowest BCUT2D eigenvalue weighted by atomic mass is 10.0. The first-order valence-electron chi connectivity index (χ1n) is 8.43. The predicted octanol–water partition coefficient (Wildman–Crippen LogP) is 2.42. The summed E-state index contributed by atoms with van der Waals surface area (Å²) in [6, 6.07) is 6.46. The van der Waals surface area contributed by atoms with Crippen LogP contribution in [0.5, 0.6) is 5.75 Å². The molecule has 1 aliphatic heterocycles. The molecule has 10 heteroatoms. The van der Waals surface area contributed by atoms with Crippen LogP contribution in [0.2, 0.25) is 0 Å². The average Bonchev–Trinajstić information content (AvgIpc) is 3.03. The Bertz CT molecular complexity index is 761. The van der Waals surface area contributed by atoms with Crippen LogP contribution < -0.4 is 10.1 Å². The quantitative estimate of drug-likeness (QED) is 0.833. The lowest BCUT2D eigenvalue weighted by Gasteiger charge is -2.31. The van der Waals surface area contributed by atoms with Crippen molar-refractivity contribution in [2.45, 2.75) is 32.4 Å². The van der Waals surface area contributed by atoms with E-state index in [0.717, 1.165) is 12.8 Å². The van der Waals surface area contributed by atoms with Crippen molar-refractivity contribution in [3.8, 4) is 11.4 Å².